The van der Waals surface area contributed by atoms with Gasteiger partial charge in [-0.2, -0.15) is 5.10 Å². The van der Waals surface area contributed by atoms with Crippen molar-refractivity contribution >= 4 is 23.3 Å². The molecule has 0 aliphatic carbocycles. The van der Waals surface area contributed by atoms with Crippen LogP contribution in [0.4, 0.5) is 5.82 Å². The number of hydrogen-bond acceptors (Lipinski definition) is 3. The predicted octanol–water partition coefficient (Wildman–Crippen LogP) is 4.61. The van der Waals surface area contributed by atoms with Crippen molar-refractivity contribution in [1.82, 2.24) is 14.7 Å². The maximum Gasteiger partial charge on any atom is 0.258 e. The van der Waals surface area contributed by atoms with Crippen LogP contribution in [0, 0.1) is 0 Å². The van der Waals surface area contributed by atoms with Crippen LogP contribution in [0.5, 0.6) is 0 Å². The fourth-order valence-corrected chi connectivity index (χ4v) is 4.06. The molecule has 1 aliphatic rings. The first-order valence-corrected chi connectivity index (χ1v) is 9.85. The second-order valence-electron chi connectivity index (χ2n) is 6.83. The molecule has 5 nitrogen and oxygen atoms in total. The molecule has 2 aromatic rings. The number of piperidine rings is 1. The lowest BCUT2D eigenvalue weighted by molar-refractivity contribution is 0.102. The number of nitrogens with zero attached hydrogens (tertiary/aromatic N) is 3. The third kappa shape index (κ3) is 4.10. The highest BCUT2D eigenvalue weighted by molar-refractivity contribution is 6.34. The van der Waals surface area contributed by atoms with E-state index in [1.54, 1.807) is 18.3 Å². The Morgan fingerprint density at radius 2 is 1.92 bits per heavy atom. The van der Waals surface area contributed by atoms with Crippen molar-refractivity contribution in [3.63, 3.8) is 0 Å². The molecule has 0 saturated carbocycles. The van der Waals surface area contributed by atoms with Crippen LogP contribution in [0.2, 0.25) is 5.02 Å². The summed E-state index contributed by atoms with van der Waals surface area (Å²) in [6, 6.07) is 9.92. The molecule has 2 heterocycles. The number of nitrogens with one attached hydrogen (secondary N) is 1. The van der Waals surface area contributed by atoms with Crippen LogP contribution in [0.15, 0.2) is 36.5 Å². The van der Waals surface area contributed by atoms with Gasteiger partial charge in [-0.15, -0.1) is 0 Å². The molecule has 1 saturated heterocycles. The lowest BCUT2D eigenvalue weighted by Crippen LogP contribution is -2.41. The smallest absolute Gasteiger partial charge is 0.258 e. The van der Waals surface area contributed by atoms with Crippen molar-refractivity contribution in [2.45, 2.75) is 51.6 Å². The zero-order valence-electron chi connectivity index (χ0n) is 15.5. The van der Waals surface area contributed by atoms with Crippen LogP contribution in [0.3, 0.4) is 0 Å². The van der Waals surface area contributed by atoms with Gasteiger partial charge in [-0.25, -0.2) is 4.68 Å². The second kappa shape index (κ2) is 8.69. The van der Waals surface area contributed by atoms with E-state index in [1.807, 2.05) is 22.9 Å². The molecule has 3 rings (SSSR count). The highest BCUT2D eigenvalue weighted by atomic mass is 35.5. The second-order valence-corrected chi connectivity index (χ2v) is 7.24. The molecule has 6 heteroatoms. The molecular formula is C20H27ClN4O. The molecule has 1 aromatic carbocycles. The van der Waals surface area contributed by atoms with Crippen LogP contribution in [0.1, 0.15) is 55.9 Å². The molecule has 0 unspecified atom stereocenters. The monoisotopic (exact) mass is 374 g/mol. The molecule has 1 aromatic heterocycles. The Bertz CT molecular complexity index is 733. The summed E-state index contributed by atoms with van der Waals surface area (Å²) in [5, 5.41) is 7.89. The Labute approximate surface area is 160 Å². The van der Waals surface area contributed by atoms with E-state index in [1.165, 1.54) is 12.8 Å². The summed E-state index contributed by atoms with van der Waals surface area (Å²) in [7, 11) is 0. The fraction of sp³-hybridized carbons (Fsp3) is 0.500. The summed E-state index contributed by atoms with van der Waals surface area (Å²) in [6.45, 7) is 6.68. The van der Waals surface area contributed by atoms with E-state index in [2.05, 4.69) is 29.2 Å². The molecule has 0 radical (unpaired) electrons. The van der Waals surface area contributed by atoms with Crippen LogP contribution in [0.25, 0.3) is 0 Å². The average Bonchev–Trinajstić information content (AvgIpc) is 3.11. The van der Waals surface area contributed by atoms with Crippen molar-refractivity contribution in [2.75, 3.05) is 18.4 Å². The number of aromatic nitrogens is 2. The van der Waals surface area contributed by atoms with Crippen LogP contribution in [-0.2, 0) is 0 Å². The van der Waals surface area contributed by atoms with Gasteiger partial charge in [-0.3, -0.25) is 4.79 Å². The minimum atomic E-state index is -0.202. The number of likely N-dealkylation sites (tertiary alicyclic amines) is 1. The van der Waals surface area contributed by atoms with Crippen molar-refractivity contribution in [3.05, 3.63) is 47.1 Å². The third-order valence-electron chi connectivity index (χ3n) is 5.33. The zero-order chi connectivity index (χ0) is 18.5. The van der Waals surface area contributed by atoms with E-state index in [0.29, 0.717) is 22.7 Å². The minimum Gasteiger partial charge on any atom is -0.307 e. The van der Waals surface area contributed by atoms with Crippen molar-refractivity contribution < 1.29 is 4.79 Å². The number of amides is 1. The Hall–Kier alpha value is -1.85. The summed E-state index contributed by atoms with van der Waals surface area (Å²) in [5.74, 6) is 0.530. The van der Waals surface area contributed by atoms with Gasteiger partial charge in [-0.05, 0) is 37.8 Å². The largest absolute Gasteiger partial charge is 0.307 e. The van der Waals surface area contributed by atoms with Gasteiger partial charge < -0.3 is 10.2 Å². The lowest BCUT2D eigenvalue weighted by atomic mass is 10.0. The molecule has 0 atom stereocenters. The van der Waals surface area contributed by atoms with E-state index in [0.717, 1.165) is 31.7 Å². The number of benzene rings is 1. The highest BCUT2D eigenvalue weighted by Crippen LogP contribution is 2.28. The SMILES string of the molecule is CCC(CC)N1CCC(n2nccc2NC(=O)c2ccccc2Cl)CC1. The van der Waals surface area contributed by atoms with E-state index in [-0.39, 0.29) is 5.91 Å². The van der Waals surface area contributed by atoms with Gasteiger partial charge >= 0.3 is 0 Å². The van der Waals surface area contributed by atoms with E-state index in [9.17, 15) is 4.79 Å². The summed E-state index contributed by atoms with van der Waals surface area (Å²) in [6.07, 6.45) is 6.24. The molecule has 140 valence electrons. The molecular weight excluding hydrogens is 348 g/mol. The summed E-state index contributed by atoms with van der Waals surface area (Å²) < 4.78 is 1.96. The average molecular weight is 375 g/mol. The minimum absolute atomic E-state index is 0.202. The molecule has 1 N–H and O–H groups in total. The zero-order valence-corrected chi connectivity index (χ0v) is 16.2. The Morgan fingerprint density at radius 1 is 1.23 bits per heavy atom. The van der Waals surface area contributed by atoms with Crippen LogP contribution >= 0.6 is 11.6 Å². The maximum absolute atomic E-state index is 12.5. The first kappa shape index (κ1) is 18.9. The maximum atomic E-state index is 12.5. The van der Waals surface area contributed by atoms with Crippen LogP contribution in [-0.4, -0.2) is 39.7 Å². The molecule has 0 bridgehead atoms. The Morgan fingerprint density at radius 3 is 2.58 bits per heavy atom. The van der Waals surface area contributed by atoms with Crippen molar-refractivity contribution in [3.8, 4) is 0 Å². The first-order valence-electron chi connectivity index (χ1n) is 9.47. The quantitative estimate of drug-likeness (QED) is 0.802. The topological polar surface area (TPSA) is 50.2 Å². The normalized spacial score (nSPS) is 16.2. The summed E-state index contributed by atoms with van der Waals surface area (Å²) >= 11 is 6.13. The molecule has 0 spiro atoms. The van der Waals surface area contributed by atoms with Crippen molar-refractivity contribution in [1.29, 1.82) is 0 Å². The van der Waals surface area contributed by atoms with Crippen molar-refractivity contribution in [2.24, 2.45) is 0 Å². The molecule has 1 aliphatic heterocycles. The first-order chi connectivity index (χ1) is 12.6. The third-order valence-corrected chi connectivity index (χ3v) is 5.66. The standard InChI is InChI=1S/C20H27ClN4O/c1-3-15(4-2)24-13-10-16(11-14-24)25-19(9-12-22-25)23-20(26)17-7-5-6-8-18(17)21/h5-9,12,15-16H,3-4,10-11,13-14H2,1-2H3,(H,23,26). The van der Waals surface area contributed by atoms with Gasteiger partial charge in [0.1, 0.15) is 5.82 Å². The predicted molar refractivity (Wildman–Crippen MR) is 106 cm³/mol. The summed E-state index contributed by atoms with van der Waals surface area (Å²) in [5.41, 5.74) is 0.477. The van der Waals surface area contributed by atoms with Gasteiger partial charge in [0.2, 0.25) is 0 Å². The van der Waals surface area contributed by atoms with Gasteiger partial charge in [0.25, 0.3) is 5.91 Å². The fourth-order valence-electron chi connectivity index (χ4n) is 3.83. The number of anilines is 1. The number of rotatable bonds is 6. The number of halogens is 1. The number of hydrogen-bond donors (Lipinski definition) is 1. The van der Waals surface area contributed by atoms with Crippen LogP contribution < -0.4 is 5.32 Å². The van der Waals surface area contributed by atoms with Gasteiger partial charge in [0.05, 0.1) is 22.8 Å². The molecule has 1 amide bonds. The summed E-state index contributed by atoms with van der Waals surface area (Å²) in [4.78, 5) is 15.1. The van der Waals surface area contributed by atoms with Gasteiger partial charge in [-0.1, -0.05) is 37.6 Å². The number of carbonyl (C=O) groups excluding carboxylic acids is 1. The number of carbonyl (C=O) groups is 1. The van der Waals surface area contributed by atoms with Gasteiger partial charge in [0.15, 0.2) is 0 Å². The lowest BCUT2D eigenvalue weighted by Gasteiger charge is -2.37. The van der Waals surface area contributed by atoms with E-state index < -0.39 is 0 Å². The van der Waals surface area contributed by atoms with E-state index in [4.69, 9.17) is 11.6 Å². The van der Waals surface area contributed by atoms with E-state index >= 15 is 0 Å². The Kier molecular flexibility index (Phi) is 6.33. The molecule has 1 fully saturated rings. The molecule has 26 heavy (non-hydrogen) atoms. The van der Waals surface area contributed by atoms with Gasteiger partial charge in [0, 0.05) is 25.2 Å². The highest BCUT2D eigenvalue weighted by Gasteiger charge is 2.26. The Balaban J connectivity index is 1.66.